The fourth-order valence-electron chi connectivity index (χ4n) is 3.48. The van der Waals surface area contributed by atoms with Gasteiger partial charge in [0.1, 0.15) is 5.82 Å². The van der Waals surface area contributed by atoms with E-state index in [-0.39, 0.29) is 17.6 Å². The van der Waals surface area contributed by atoms with Crippen LogP contribution in [0.25, 0.3) is 0 Å². The maximum absolute atomic E-state index is 13.0. The van der Waals surface area contributed by atoms with Gasteiger partial charge in [0.15, 0.2) is 5.69 Å². The quantitative estimate of drug-likeness (QED) is 0.690. The monoisotopic (exact) mass is 373 g/mol. The summed E-state index contributed by atoms with van der Waals surface area (Å²) in [6.07, 6.45) is 0. The molecule has 1 atom stereocenters. The molecule has 0 spiro atoms. The Hall–Kier alpha value is -3.67. The number of carbonyl (C=O) groups excluding carboxylic acids is 1. The average Bonchev–Trinajstić information content (AvgIpc) is 2.99. The maximum atomic E-state index is 13.0. The molecular weight excluding hydrogens is 354 g/mol. The van der Waals surface area contributed by atoms with Crippen molar-refractivity contribution < 1.29 is 14.7 Å². The summed E-state index contributed by atoms with van der Waals surface area (Å²) in [5.41, 5.74) is 2.71. The summed E-state index contributed by atoms with van der Waals surface area (Å²) < 4.78 is 0. The van der Waals surface area contributed by atoms with E-state index < -0.39 is 5.97 Å². The predicted molar refractivity (Wildman–Crippen MR) is 105 cm³/mol. The van der Waals surface area contributed by atoms with Crippen molar-refractivity contribution in [2.45, 2.75) is 12.6 Å². The Morgan fingerprint density at radius 3 is 2.54 bits per heavy atom. The summed E-state index contributed by atoms with van der Waals surface area (Å²) in [6, 6.07) is 22.1. The summed E-state index contributed by atoms with van der Waals surface area (Å²) in [7, 11) is 0. The molecule has 4 rings (SSSR count). The van der Waals surface area contributed by atoms with Crippen LogP contribution in [0.4, 0.5) is 5.82 Å². The Balaban J connectivity index is 1.59. The second-order valence-corrected chi connectivity index (χ2v) is 6.62. The SMILES string of the molecule is O=C(O)c1cccc(NCC2c3ccccc3C(=O)N2Cc2ccccc2)n1. The third-order valence-electron chi connectivity index (χ3n) is 4.83. The number of amides is 1. The zero-order valence-electron chi connectivity index (χ0n) is 15.1. The van der Waals surface area contributed by atoms with Gasteiger partial charge in [-0.25, -0.2) is 9.78 Å². The van der Waals surface area contributed by atoms with Gasteiger partial charge in [-0.05, 0) is 29.3 Å². The first-order valence-electron chi connectivity index (χ1n) is 9.01. The van der Waals surface area contributed by atoms with E-state index in [1.54, 1.807) is 12.1 Å². The topological polar surface area (TPSA) is 82.5 Å². The minimum absolute atomic E-state index is 0.00139. The Bertz CT molecular complexity index is 1020. The van der Waals surface area contributed by atoms with Crippen molar-refractivity contribution in [1.82, 2.24) is 9.88 Å². The number of carboxylic acids is 1. The highest BCUT2D eigenvalue weighted by Crippen LogP contribution is 2.34. The number of pyridine rings is 1. The number of carboxylic acid groups (broad SMARTS) is 1. The predicted octanol–water partition coefficient (Wildman–Crippen LogP) is 3.59. The van der Waals surface area contributed by atoms with Gasteiger partial charge in [0.25, 0.3) is 5.91 Å². The molecule has 1 aromatic heterocycles. The molecule has 1 aliphatic rings. The molecule has 2 aromatic carbocycles. The molecule has 6 nitrogen and oxygen atoms in total. The van der Waals surface area contributed by atoms with Crippen LogP contribution in [0.15, 0.2) is 72.8 Å². The highest BCUT2D eigenvalue weighted by molar-refractivity contribution is 5.99. The van der Waals surface area contributed by atoms with Gasteiger partial charge in [0.05, 0.1) is 6.04 Å². The zero-order valence-corrected chi connectivity index (χ0v) is 15.1. The summed E-state index contributed by atoms with van der Waals surface area (Å²) in [5.74, 6) is -0.606. The van der Waals surface area contributed by atoms with Crippen LogP contribution in [0.3, 0.4) is 0 Å². The standard InChI is InChI=1S/C22H19N3O3/c26-21-17-10-5-4-9-16(17)19(25(21)14-15-7-2-1-3-8-15)13-23-20-12-6-11-18(24-20)22(27)28/h1-12,19H,13-14H2,(H,23,24)(H,27,28). The maximum Gasteiger partial charge on any atom is 0.354 e. The third-order valence-corrected chi connectivity index (χ3v) is 4.83. The van der Waals surface area contributed by atoms with Gasteiger partial charge < -0.3 is 15.3 Å². The van der Waals surface area contributed by atoms with Crippen LogP contribution in [0.2, 0.25) is 0 Å². The van der Waals surface area contributed by atoms with Crippen LogP contribution in [-0.4, -0.2) is 33.4 Å². The van der Waals surface area contributed by atoms with Crippen LogP contribution in [0.1, 0.15) is 38.0 Å². The number of benzene rings is 2. The van der Waals surface area contributed by atoms with Gasteiger partial charge in [-0.2, -0.15) is 0 Å². The number of hydrogen-bond acceptors (Lipinski definition) is 4. The van der Waals surface area contributed by atoms with E-state index >= 15 is 0 Å². The smallest absolute Gasteiger partial charge is 0.354 e. The van der Waals surface area contributed by atoms with Crippen LogP contribution in [0.5, 0.6) is 0 Å². The van der Waals surface area contributed by atoms with Gasteiger partial charge in [-0.3, -0.25) is 4.79 Å². The Morgan fingerprint density at radius 2 is 1.75 bits per heavy atom. The van der Waals surface area contributed by atoms with Crippen molar-refractivity contribution in [2.24, 2.45) is 0 Å². The molecule has 0 radical (unpaired) electrons. The molecule has 0 saturated heterocycles. The Labute approximate surface area is 162 Å². The van der Waals surface area contributed by atoms with Crippen molar-refractivity contribution in [1.29, 1.82) is 0 Å². The highest BCUT2D eigenvalue weighted by Gasteiger charge is 2.36. The third kappa shape index (κ3) is 3.44. The van der Waals surface area contributed by atoms with E-state index in [1.165, 1.54) is 6.07 Å². The van der Waals surface area contributed by atoms with E-state index in [1.807, 2.05) is 59.5 Å². The number of rotatable bonds is 6. The molecule has 1 aliphatic heterocycles. The molecule has 1 amide bonds. The highest BCUT2D eigenvalue weighted by atomic mass is 16.4. The molecule has 0 saturated carbocycles. The summed E-state index contributed by atoms with van der Waals surface area (Å²) in [6.45, 7) is 0.939. The normalized spacial score (nSPS) is 15.4. The number of anilines is 1. The minimum Gasteiger partial charge on any atom is -0.477 e. The number of nitrogens with zero attached hydrogens (tertiary/aromatic N) is 2. The van der Waals surface area contributed by atoms with Crippen LogP contribution < -0.4 is 5.32 Å². The van der Waals surface area contributed by atoms with E-state index in [0.29, 0.717) is 24.5 Å². The second kappa shape index (κ2) is 7.52. The summed E-state index contributed by atoms with van der Waals surface area (Å²) in [5, 5.41) is 12.3. The van der Waals surface area contributed by atoms with E-state index in [0.717, 1.165) is 11.1 Å². The first-order valence-corrected chi connectivity index (χ1v) is 9.01. The fraction of sp³-hybridized carbons (Fsp3) is 0.136. The molecule has 2 heterocycles. The first-order chi connectivity index (χ1) is 13.6. The Morgan fingerprint density at radius 1 is 1.00 bits per heavy atom. The number of hydrogen-bond donors (Lipinski definition) is 2. The molecule has 3 aromatic rings. The van der Waals surface area contributed by atoms with Gasteiger partial charge in [-0.15, -0.1) is 0 Å². The zero-order chi connectivity index (χ0) is 19.5. The van der Waals surface area contributed by atoms with Crippen LogP contribution in [-0.2, 0) is 6.54 Å². The largest absolute Gasteiger partial charge is 0.477 e. The molecule has 2 N–H and O–H groups in total. The number of carbonyl (C=O) groups is 2. The van der Waals surface area contributed by atoms with Crippen molar-refractivity contribution >= 4 is 17.7 Å². The summed E-state index contributed by atoms with van der Waals surface area (Å²) >= 11 is 0. The number of fused-ring (bicyclic) bond motifs is 1. The minimum atomic E-state index is -1.07. The molecule has 0 bridgehead atoms. The summed E-state index contributed by atoms with van der Waals surface area (Å²) in [4.78, 5) is 30.0. The van der Waals surface area contributed by atoms with Crippen LogP contribution in [0, 0.1) is 0 Å². The molecule has 28 heavy (non-hydrogen) atoms. The van der Waals surface area contributed by atoms with Crippen molar-refractivity contribution in [3.05, 3.63) is 95.2 Å². The molecule has 140 valence electrons. The number of aromatic nitrogens is 1. The van der Waals surface area contributed by atoms with Gasteiger partial charge in [-0.1, -0.05) is 54.6 Å². The molecule has 1 unspecified atom stereocenters. The molecular formula is C22H19N3O3. The van der Waals surface area contributed by atoms with E-state index in [4.69, 9.17) is 5.11 Å². The lowest BCUT2D eigenvalue weighted by Crippen LogP contribution is -2.31. The molecule has 6 heteroatoms. The van der Waals surface area contributed by atoms with Crippen LogP contribution >= 0.6 is 0 Å². The Kier molecular flexibility index (Phi) is 4.76. The second-order valence-electron chi connectivity index (χ2n) is 6.62. The lowest BCUT2D eigenvalue weighted by atomic mass is 10.0. The molecule has 0 aliphatic carbocycles. The van der Waals surface area contributed by atoms with Crippen molar-refractivity contribution in [3.63, 3.8) is 0 Å². The van der Waals surface area contributed by atoms with E-state index in [2.05, 4.69) is 10.3 Å². The first kappa shape index (κ1) is 17.7. The molecule has 0 fully saturated rings. The van der Waals surface area contributed by atoms with E-state index in [9.17, 15) is 9.59 Å². The van der Waals surface area contributed by atoms with Gasteiger partial charge in [0, 0.05) is 18.7 Å². The number of aromatic carboxylic acids is 1. The van der Waals surface area contributed by atoms with Gasteiger partial charge in [0.2, 0.25) is 0 Å². The average molecular weight is 373 g/mol. The number of nitrogens with one attached hydrogen (secondary N) is 1. The fourth-order valence-corrected chi connectivity index (χ4v) is 3.48. The lowest BCUT2D eigenvalue weighted by Gasteiger charge is -2.26. The van der Waals surface area contributed by atoms with Gasteiger partial charge >= 0.3 is 5.97 Å². The lowest BCUT2D eigenvalue weighted by molar-refractivity contribution is 0.0689. The van der Waals surface area contributed by atoms with Crippen molar-refractivity contribution in [3.8, 4) is 0 Å². The van der Waals surface area contributed by atoms with Crippen molar-refractivity contribution in [2.75, 3.05) is 11.9 Å².